The molecule has 0 atom stereocenters. The first-order valence-electron chi connectivity index (χ1n) is 9.66. The SMILES string of the molecule is COc1ccc(CN2CCCN(C(=O)c3n[nH]c4c3CNCC4)CC2)cc1.Cl. The number of carbonyl (C=O) groups is 1. The molecule has 0 radical (unpaired) electrons. The monoisotopic (exact) mass is 405 g/mol. The van der Waals surface area contributed by atoms with Crippen molar-refractivity contribution in [3.63, 3.8) is 0 Å². The maximum absolute atomic E-state index is 13.0. The number of halogens is 1. The first-order chi connectivity index (χ1) is 13.2. The molecule has 7 nitrogen and oxygen atoms in total. The summed E-state index contributed by atoms with van der Waals surface area (Å²) in [5.41, 5.74) is 4.02. The Bertz CT molecular complexity index is 792. The van der Waals surface area contributed by atoms with Crippen molar-refractivity contribution in [3.05, 3.63) is 46.8 Å². The fourth-order valence-corrected chi connectivity index (χ4v) is 3.87. The summed E-state index contributed by atoms with van der Waals surface area (Å²) in [5, 5.41) is 10.7. The lowest BCUT2D eigenvalue weighted by Crippen LogP contribution is -2.36. The Hall–Kier alpha value is -2.09. The van der Waals surface area contributed by atoms with Crippen LogP contribution in [0.25, 0.3) is 0 Å². The Kier molecular flexibility index (Phi) is 6.93. The molecule has 1 aromatic carbocycles. The largest absolute Gasteiger partial charge is 0.497 e. The predicted octanol–water partition coefficient (Wildman–Crippen LogP) is 1.83. The van der Waals surface area contributed by atoms with Crippen LogP contribution >= 0.6 is 12.4 Å². The summed E-state index contributed by atoms with van der Waals surface area (Å²) in [6.45, 7) is 5.96. The molecule has 3 heterocycles. The van der Waals surface area contributed by atoms with Crippen LogP contribution in [0.15, 0.2) is 24.3 Å². The molecule has 1 saturated heterocycles. The second-order valence-corrected chi connectivity index (χ2v) is 7.23. The number of amides is 1. The van der Waals surface area contributed by atoms with E-state index < -0.39 is 0 Å². The van der Waals surface area contributed by atoms with E-state index in [9.17, 15) is 4.79 Å². The third-order valence-corrected chi connectivity index (χ3v) is 5.45. The number of aromatic nitrogens is 2. The van der Waals surface area contributed by atoms with Gasteiger partial charge in [0.1, 0.15) is 5.75 Å². The third kappa shape index (κ3) is 4.48. The van der Waals surface area contributed by atoms with Crippen LogP contribution in [0, 0.1) is 0 Å². The number of fused-ring (bicyclic) bond motifs is 1. The Morgan fingerprint density at radius 3 is 2.79 bits per heavy atom. The van der Waals surface area contributed by atoms with E-state index in [0.29, 0.717) is 5.69 Å². The maximum atomic E-state index is 13.0. The van der Waals surface area contributed by atoms with Crippen LogP contribution in [-0.4, -0.2) is 65.7 Å². The van der Waals surface area contributed by atoms with E-state index in [1.54, 1.807) is 7.11 Å². The Labute approximate surface area is 171 Å². The zero-order chi connectivity index (χ0) is 18.6. The minimum atomic E-state index is 0. The number of hydrogen-bond donors (Lipinski definition) is 2. The highest BCUT2D eigenvalue weighted by Crippen LogP contribution is 2.19. The number of carbonyl (C=O) groups excluding carboxylic acids is 1. The van der Waals surface area contributed by atoms with Crippen LogP contribution in [-0.2, 0) is 19.5 Å². The van der Waals surface area contributed by atoms with Gasteiger partial charge in [-0.1, -0.05) is 12.1 Å². The van der Waals surface area contributed by atoms with Gasteiger partial charge in [-0.3, -0.25) is 14.8 Å². The van der Waals surface area contributed by atoms with Gasteiger partial charge in [0.15, 0.2) is 5.69 Å². The van der Waals surface area contributed by atoms with Crippen molar-refractivity contribution >= 4 is 18.3 Å². The summed E-state index contributed by atoms with van der Waals surface area (Å²) in [7, 11) is 1.68. The number of nitrogens with one attached hydrogen (secondary N) is 2. The molecular weight excluding hydrogens is 378 g/mol. The molecule has 0 bridgehead atoms. The molecule has 28 heavy (non-hydrogen) atoms. The van der Waals surface area contributed by atoms with Gasteiger partial charge in [-0.05, 0) is 24.1 Å². The van der Waals surface area contributed by atoms with Crippen molar-refractivity contribution in [3.8, 4) is 5.75 Å². The van der Waals surface area contributed by atoms with Crippen molar-refractivity contribution in [1.82, 2.24) is 25.3 Å². The van der Waals surface area contributed by atoms with Gasteiger partial charge in [0, 0.05) is 63.5 Å². The molecule has 4 rings (SSSR count). The smallest absolute Gasteiger partial charge is 0.274 e. The van der Waals surface area contributed by atoms with Gasteiger partial charge >= 0.3 is 0 Å². The van der Waals surface area contributed by atoms with Crippen molar-refractivity contribution in [2.45, 2.75) is 25.9 Å². The van der Waals surface area contributed by atoms with Gasteiger partial charge in [0.25, 0.3) is 5.91 Å². The van der Waals surface area contributed by atoms with Crippen molar-refractivity contribution in [2.24, 2.45) is 0 Å². The lowest BCUT2D eigenvalue weighted by molar-refractivity contribution is 0.0754. The Balaban J connectivity index is 0.00000225. The molecule has 0 spiro atoms. The van der Waals surface area contributed by atoms with Gasteiger partial charge in [-0.2, -0.15) is 5.10 Å². The van der Waals surface area contributed by atoms with Gasteiger partial charge in [-0.25, -0.2) is 0 Å². The van der Waals surface area contributed by atoms with Crippen LogP contribution < -0.4 is 10.1 Å². The second kappa shape index (κ2) is 9.41. The van der Waals surface area contributed by atoms with Crippen molar-refractivity contribution < 1.29 is 9.53 Å². The molecule has 8 heteroatoms. The van der Waals surface area contributed by atoms with Gasteiger partial charge in [0.05, 0.1) is 7.11 Å². The summed E-state index contributed by atoms with van der Waals surface area (Å²) in [4.78, 5) is 17.4. The number of ether oxygens (including phenoxy) is 1. The number of methoxy groups -OCH3 is 1. The van der Waals surface area contributed by atoms with Crippen molar-refractivity contribution in [2.75, 3.05) is 39.8 Å². The van der Waals surface area contributed by atoms with E-state index in [1.807, 2.05) is 17.0 Å². The first-order valence-corrected chi connectivity index (χ1v) is 9.66. The van der Waals surface area contributed by atoms with E-state index in [1.165, 1.54) is 5.56 Å². The molecule has 1 amide bonds. The molecule has 2 aromatic rings. The normalized spacial score (nSPS) is 17.4. The predicted molar refractivity (Wildman–Crippen MR) is 110 cm³/mol. The average Bonchev–Trinajstić information content (AvgIpc) is 3.00. The summed E-state index contributed by atoms with van der Waals surface area (Å²) in [5.74, 6) is 0.936. The van der Waals surface area contributed by atoms with Crippen LogP contribution in [0.2, 0.25) is 0 Å². The van der Waals surface area contributed by atoms with E-state index >= 15 is 0 Å². The van der Waals surface area contributed by atoms with Gasteiger partial charge < -0.3 is 15.0 Å². The molecule has 0 saturated carbocycles. The summed E-state index contributed by atoms with van der Waals surface area (Å²) in [6.07, 6.45) is 1.89. The standard InChI is InChI=1S/C20H27N5O2.ClH/c1-27-16-5-3-15(4-6-16)14-24-9-2-10-25(12-11-24)20(26)19-17-13-21-8-7-18(17)22-23-19;/h3-6,21H,2,7-14H2,1H3,(H,22,23);1H. The molecule has 152 valence electrons. The number of hydrogen-bond acceptors (Lipinski definition) is 5. The quantitative estimate of drug-likeness (QED) is 0.811. The molecule has 0 unspecified atom stereocenters. The van der Waals surface area contributed by atoms with Crippen molar-refractivity contribution in [1.29, 1.82) is 0 Å². The second-order valence-electron chi connectivity index (χ2n) is 7.23. The minimum Gasteiger partial charge on any atom is -0.497 e. The van der Waals surface area contributed by atoms with Crippen LogP contribution in [0.1, 0.15) is 33.7 Å². The third-order valence-electron chi connectivity index (χ3n) is 5.45. The number of benzene rings is 1. The Morgan fingerprint density at radius 2 is 2.00 bits per heavy atom. The van der Waals surface area contributed by atoms with Gasteiger partial charge in [-0.15, -0.1) is 12.4 Å². The minimum absolute atomic E-state index is 0. The van der Waals surface area contributed by atoms with Crippen LogP contribution in [0.3, 0.4) is 0 Å². The maximum Gasteiger partial charge on any atom is 0.274 e. The highest BCUT2D eigenvalue weighted by molar-refractivity contribution is 5.94. The number of H-pyrrole nitrogens is 1. The first kappa shape index (κ1) is 20.6. The molecule has 2 aliphatic rings. The molecule has 2 aliphatic heterocycles. The Morgan fingerprint density at radius 1 is 1.18 bits per heavy atom. The van der Waals surface area contributed by atoms with Crippen LogP contribution in [0.4, 0.5) is 0 Å². The van der Waals surface area contributed by atoms with E-state index in [-0.39, 0.29) is 18.3 Å². The van der Waals surface area contributed by atoms with Crippen LogP contribution in [0.5, 0.6) is 5.75 Å². The zero-order valence-corrected chi connectivity index (χ0v) is 17.1. The average molecular weight is 406 g/mol. The fourth-order valence-electron chi connectivity index (χ4n) is 3.87. The summed E-state index contributed by atoms with van der Waals surface area (Å²) in [6, 6.07) is 8.21. The molecule has 2 N–H and O–H groups in total. The molecular formula is C20H28ClN5O2. The van der Waals surface area contributed by atoms with E-state index in [4.69, 9.17) is 4.74 Å². The topological polar surface area (TPSA) is 73.5 Å². The van der Waals surface area contributed by atoms with E-state index in [0.717, 1.165) is 75.7 Å². The molecule has 0 aliphatic carbocycles. The summed E-state index contributed by atoms with van der Waals surface area (Å²) < 4.78 is 5.22. The fraction of sp³-hybridized carbons (Fsp3) is 0.500. The molecule has 1 aromatic heterocycles. The number of rotatable bonds is 4. The highest BCUT2D eigenvalue weighted by atomic mass is 35.5. The molecule has 1 fully saturated rings. The number of aromatic amines is 1. The lowest BCUT2D eigenvalue weighted by Gasteiger charge is -2.22. The van der Waals surface area contributed by atoms with E-state index in [2.05, 4.69) is 32.5 Å². The van der Waals surface area contributed by atoms with Gasteiger partial charge in [0.2, 0.25) is 0 Å². The summed E-state index contributed by atoms with van der Waals surface area (Å²) >= 11 is 0. The highest BCUT2D eigenvalue weighted by Gasteiger charge is 2.27. The zero-order valence-electron chi connectivity index (χ0n) is 16.2. The lowest BCUT2D eigenvalue weighted by atomic mass is 10.1. The number of nitrogens with zero attached hydrogens (tertiary/aromatic N) is 3.